The first kappa shape index (κ1) is 17.7. The molecule has 0 aliphatic heterocycles. The molecule has 2 rings (SSSR count). The number of aromatic nitrogens is 2. The Balaban J connectivity index is 2.34. The zero-order valence-electron chi connectivity index (χ0n) is 12.7. The normalized spacial score (nSPS) is 14.6. The summed E-state index contributed by atoms with van der Waals surface area (Å²) < 4.78 is 35.9. The molecule has 0 saturated carbocycles. The smallest absolute Gasteiger partial charge is 0.244 e. The number of sulfonamides is 1. The lowest BCUT2D eigenvalue weighted by atomic mass is 9.97. The van der Waals surface area contributed by atoms with Crippen molar-refractivity contribution in [1.29, 1.82) is 0 Å². The third kappa shape index (κ3) is 4.02. The molecular weight excluding hydrogens is 340 g/mol. The number of hydroxylamine groups is 1. The molecule has 0 aliphatic rings. The highest BCUT2D eigenvalue weighted by Gasteiger charge is 2.27. The van der Waals surface area contributed by atoms with Crippen LogP contribution in [0.2, 0.25) is 0 Å². The largest absolute Gasteiger partial charge is 0.289 e. The molecule has 10 heteroatoms. The van der Waals surface area contributed by atoms with E-state index in [0.717, 1.165) is 11.7 Å². The highest BCUT2D eigenvalue weighted by Crippen LogP contribution is 2.22. The van der Waals surface area contributed by atoms with Gasteiger partial charge in [0.15, 0.2) is 0 Å². The highest BCUT2D eigenvalue weighted by atomic mass is 32.2. The Morgan fingerprint density at radius 2 is 2.13 bits per heavy atom. The Kier molecular flexibility index (Phi) is 5.63. The summed E-state index contributed by atoms with van der Waals surface area (Å²) in [5.41, 5.74) is 2.34. The Morgan fingerprint density at radius 3 is 2.78 bits per heavy atom. The molecule has 1 unspecified atom stereocenters. The average molecular weight is 358 g/mol. The van der Waals surface area contributed by atoms with E-state index in [1.807, 2.05) is 13.8 Å². The molecule has 0 spiro atoms. The number of hydrogen-bond donors (Lipinski definition) is 3. The lowest BCUT2D eigenvalue weighted by molar-refractivity contribution is -0.129. The summed E-state index contributed by atoms with van der Waals surface area (Å²) >= 11 is 0.938. The zero-order valence-corrected chi connectivity index (χ0v) is 14.3. The summed E-state index contributed by atoms with van der Waals surface area (Å²) in [6.45, 7) is 3.73. The van der Waals surface area contributed by atoms with Crippen LogP contribution in [0.15, 0.2) is 23.1 Å². The topological polar surface area (TPSA) is 121 Å². The van der Waals surface area contributed by atoms with E-state index in [2.05, 4.69) is 13.5 Å². The maximum absolute atomic E-state index is 12.7. The molecule has 126 valence electrons. The summed E-state index contributed by atoms with van der Waals surface area (Å²) in [5, 5.41) is 8.67. The van der Waals surface area contributed by atoms with Crippen LogP contribution in [0.1, 0.15) is 26.7 Å². The summed E-state index contributed by atoms with van der Waals surface area (Å²) in [5.74, 6) is -0.735. The lowest BCUT2D eigenvalue weighted by Crippen LogP contribution is -2.42. The number of rotatable bonds is 7. The molecular formula is C13H18N4O4S2. The predicted molar refractivity (Wildman–Crippen MR) is 85.5 cm³/mol. The standard InChI is InChI=1S/C13H18N4O4S2/c1-3-8(2)10(7-12(18)14-19)17-23(20,21)11-6-4-5-9-13(11)16-22-15-9/h4-6,8,10,17,19H,3,7H2,1-2H3,(H,14,18)/t8-,10?/m0/s1. The van der Waals surface area contributed by atoms with E-state index < -0.39 is 22.0 Å². The Labute approximate surface area is 138 Å². The minimum Gasteiger partial charge on any atom is -0.289 e. The molecule has 1 aromatic heterocycles. The van der Waals surface area contributed by atoms with E-state index in [4.69, 9.17) is 5.21 Å². The van der Waals surface area contributed by atoms with Crippen LogP contribution in [-0.4, -0.2) is 34.3 Å². The summed E-state index contributed by atoms with van der Waals surface area (Å²) in [4.78, 5) is 11.4. The number of carbonyl (C=O) groups is 1. The monoisotopic (exact) mass is 358 g/mol. The minimum absolute atomic E-state index is 0.0291. The van der Waals surface area contributed by atoms with Gasteiger partial charge in [-0.25, -0.2) is 18.6 Å². The number of carbonyl (C=O) groups excluding carboxylic acids is 1. The van der Waals surface area contributed by atoms with Crippen LogP contribution in [0.25, 0.3) is 11.0 Å². The van der Waals surface area contributed by atoms with Crippen molar-refractivity contribution in [3.05, 3.63) is 18.2 Å². The first-order valence-electron chi connectivity index (χ1n) is 7.05. The van der Waals surface area contributed by atoms with Crippen LogP contribution in [0, 0.1) is 5.92 Å². The van der Waals surface area contributed by atoms with Crippen molar-refractivity contribution in [3.8, 4) is 0 Å². The third-order valence-corrected chi connectivity index (χ3v) is 5.77. The van der Waals surface area contributed by atoms with Gasteiger partial charge in [-0.2, -0.15) is 8.75 Å². The van der Waals surface area contributed by atoms with Gasteiger partial charge in [0.2, 0.25) is 15.9 Å². The summed E-state index contributed by atoms with van der Waals surface area (Å²) in [6.07, 6.45) is 0.518. The second-order valence-electron chi connectivity index (χ2n) is 5.24. The second-order valence-corrected chi connectivity index (χ2v) is 7.45. The van der Waals surface area contributed by atoms with Gasteiger partial charge >= 0.3 is 0 Å². The van der Waals surface area contributed by atoms with E-state index in [1.165, 1.54) is 11.5 Å². The molecule has 2 atom stereocenters. The number of amides is 1. The number of nitrogens with one attached hydrogen (secondary N) is 2. The molecule has 8 nitrogen and oxygen atoms in total. The van der Waals surface area contributed by atoms with Gasteiger partial charge in [-0.3, -0.25) is 10.0 Å². The Bertz CT molecular complexity index is 790. The fourth-order valence-electron chi connectivity index (χ4n) is 2.15. The lowest BCUT2D eigenvalue weighted by Gasteiger charge is -2.23. The summed E-state index contributed by atoms with van der Waals surface area (Å²) in [7, 11) is -3.87. The van der Waals surface area contributed by atoms with Gasteiger partial charge in [-0.15, -0.1) is 0 Å². The molecule has 0 fully saturated rings. The van der Waals surface area contributed by atoms with E-state index in [9.17, 15) is 13.2 Å². The number of fused-ring (bicyclic) bond motifs is 1. The van der Waals surface area contributed by atoms with E-state index in [0.29, 0.717) is 17.5 Å². The number of nitrogens with zero attached hydrogens (tertiary/aromatic N) is 2. The van der Waals surface area contributed by atoms with Crippen LogP contribution in [0.3, 0.4) is 0 Å². The molecule has 1 amide bonds. The molecule has 23 heavy (non-hydrogen) atoms. The minimum atomic E-state index is -3.87. The number of benzene rings is 1. The average Bonchev–Trinajstić information content (AvgIpc) is 3.01. The van der Waals surface area contributed by atoms with Crippen LogP contribution in [0.4, 0.5) is 0 Å². The molecule has 0 aliphatic carbocycles. The van der Waals surface area contributed by atoms with Crippen molar-refractivity contribution in [2.75, 3.05) is 0 Å². The van der Waals surface area contributed by atoms with Gasteiger partial charge in [-0.05, 0) is 18.1 Å². The van der Waals surface area contributed by atoms with Crippen molar-refractivity contribution < 1.29 is 18.4 Å². The van der Waals surface area contributed by atoms with Gasteiger partial charge in [0.25, 0.3) is 0 Å². The maximum atomic E-state index is 12.7. The SMILES string of the molecule is CC[C@H](C)C(CC(=O)NO)NS(=O)(=O)c1cccc2nsnc12. The molecule has 2 aromatic rings. The van der Waals surface area contributed by atoms with Crippen molar-refractivity contribution in [1.82, 2.24) is 18.9 Å². The van der Waals surface area contributed by atoms with Gasteiger partial charge in [-0.1, -0.05) is 26.3 Å². The maximum Gasteiger partial charge on any atom is 0.244 e. The quantitative estimate of drug-likeness (QED) is 0.506. The summed E-state index contributed by atoms with van der Waals surface area (Å²) in [6, 6.07) is 4.09. The molecule has 1 aromatic carbocycles. The van der Waals surface area contributed by atoms with Gasteiger partial charge in [0, 0.05) is 12.5 Å². The number of hydrogen-bond acceptors (Lipinski definition) is 7. The fraction of sp³-hybridized carbons (Fsp3) is 0.462. The molecule has 0 saturated heterocycles. The highest BCUT2D eigenvalue weighted by molar-refractivity contribution is 7.89. The van der Waals surface area contributed by atoms with E-state index in [-0.39, 0.29) is 17.2 Å². The van der Waals surface area contributed by atoms with Crippen LogP contribution < -0.4 is 10.2 Å². The Hall–Kier alpha value is -1.62. The van der Waals surface area contributed by atoms with E-state index in [1.54, 1.807) is 12.1 Å². The predicted octanol–water partition coefficient (Wildman–Crippen LogP) is 1.28. The molecule has 3 N–H and O–H groups in total. The zero-order chi connectivity index (χ0) is 17.0. The van der Waals surface area contributed by atoms with Crippen LogP contribution >= 0.6 is 11.7 Å². The fourth-order valence-corrected chi connectivity index (χ4v) is 4.26. The van der Waals surface area contributed by atoms with Gasteiger partial charge in [0.1, 0.15) is 15.9 Å². The Morgan fingerprint density at radius 1 is 1.39 bits per heavy atom. The van der Waals surface area contributed by atoms with Crippen molar-refractivity contribution in [2.45, 2.75) is 37.6 Å². The van der Waals surface area contributed by atoms with Gasteiger partial charge in [0.05, 0.1) is 11.7 Å². The molecule has 0 bridgehead atoms. The van der Waals surface area contributed by atoms with Crippen molar-refractivity contribution in [2.24, 2.45) is 5.92 Å². The van der Waals surface area contributed by atoms with E-state index >= 15 is 0 Å². The van der Waals surface area contributed by atoms with Gasteiger partial charge < -0.3 is 0 Å². The molecule has 0 radical (unpaired) electrons. The first-order chi connectivity index (χ1) is 10.9. The second kappa shape index (κ2) is 7.30. The third-order valence-electron chi connectivity index (χ3n) is 3.71. The van der Waals surface area contributed by atoms with Crippen molar-refractivity contribution >= 4 is 38.7 Å². The van der Waals surface area contributed by atoms with Crippen LogP contribution in [-0.2, 0) is 14.8 Å². The first-order valence-corrected chi connectivity index (χ1v) is 9.27. The van der Waals surface area contributed by atoms with Crippen molar-refractivity contribution in [3.63, 3.8) is 0 Å². The molecule has 1 heterocycles. The van der Waals surface area contributed by atoms with Crippen LogP contribution in [0.5, 0.6) is 0 Å².